The van der Waals surface area contributed by atoms with Crippen LogP contribution in [0.5, 0.6) is 0 Å². The Morgan fingerprint density at radius 2 is 1.97 bits per heavy atom. The van der Waals surface area contributed by atoms with Crippen LogP contribution < -0.4 is 10.9 Å². The second kappa shape index (κ2) is 9.47. The van der Waals surface area contributed by atoms with Crippen molar-refractivity contribution in [1.29, 1.82) is 0 Å². The Morgan fingerprint density at radius 1 is 1.13 bits per heavy atom. The molecule has 1 saturated heterocycles. The monoisotopic (exact) mass is 409 g/mol. The van der Waals surface area contributed by atoms with Crippen molar-refractivity contribution in [2.45, 2.75) is 38.1 Å². The number of carbonyl (C=O) groups excluding carboxylic acids is 1. The summed E-state index contributed by atoms with van der Waals surface area (Å²) in [5.74, 6) is 0.733. The third-order valence-electron chi connectivity index (χ3n) is 6.28. The van der Waals surface area contributed by atoms with E-state index in [9.17, 15) is 9.59 Å². The molecule has 2 aliphatic rings. The summed E-state index contributed by atoms with van der Waals surface area (Å²) in [4.78, 5) is 27.5. The Labute approximate surface area is 177 Å². The average molecular weight is 410 g/mol. The summed E-state index contributed by atoms with van der Waals surface area (Å²) in [5.41, 5.74) is 3.13. The van der Waals surface area contributed by atoms with Crippen molar-refractivity contribution < 1.29 is 9.53 Å². The first kappa shape index (κ1) is 20.7. The molecule has 2 atom stereocenters. The molecule has 30 heavy (non-hydrogen) atoms. The Morgan fingerprint density at radius 3 is 2.77 bits per heavy atom. The van der Waals surface area contributed by atoms with Crippen molar-refractivity contribution in [3.8, 4) is 0 Å². The molecule has 0 aliphatic carbocycles. The maximum atomic E-state index is 13.1. The van der Waals surface area contributed by atoms with E-state index in [0.29, 0.717) is 37.7 Å². The third-order valence-corrected chi connectivity index (χ3v) is 6.28. The summed E-state index contributed by atoms with van der Waals surface area (Å²) in [6, 6.07) is 14.4. The number of piperidine rings is 1. The average Bonchev–Trinajstić information content (AvgIpc) is 2.77. The number of methoxy groups -OCH3 is 1. The smallest absolute Gasteiger partial charge is 0.274 e. The molecule has 2 bridgehead atoms. The predicted molar refractivity (Wildman–Crippen MR) is 118 cm³/mol. The van der Waals surface area contributed by atoms with Crippen LogP contribution in [-0.4, -0.2) is 48.7 Å². The van der Waals surface area contributed by atoms with Crippen LogP contribution in [0.25, 0.3) is 0 Å². The number of carbonyl (C=O) groups is 1. The zero-order valence-corrected chi connectivity index (χ0v) is 17.7. The van der Waals surface area contributed by atoms with Crippen molar-refractivity contribution >= 4 is 11.6 Å². The first-order chi connectivity index (χ1) is 14.7. The van der Waals surface area contributed by atoms with Gasteiger partial charge in [-0.15, -0.1) is 0 Å². The number of rotatable bonds is 8. The molecule has 6 nitrogen and oxygen atoms in total. The van der Waals surface area contributed by atoms with Gasteiger partial charge in [-0.3, -0.25) is 9.59 Å². The number of hydrogen-bond acceptors (Lipinski definition) is 4. The van der Waals surface area contributed by atoms with Crippen LogP contribution in [-0.2, 0) is 22.5 Å². The first-order valence-electron chi connectivity index (χ1n) is 10.9. The van der Waals surface area contributed by atoms with Crippen LogP contribution >= 0.6 is 0 Å². The fourth-order valence-electron chi connectivity index (χ4n) is 4.79. The van der Waals surface area contributed by atoms with E-state index in [1.807, 2.05) is 21.6 Å². The van der Waals surface area contributed by atoms with Gasteiger partial charge in [-0.1, -0.05) is 30.3 Å². The lowest BCUT2D eigenvalue weighted by Crippen LogP contribution is -2.49. The number of likely N-dealkylation sites (tertiary alicyclic amines) is 1. The molecule has 0 saturated carbocycles. The number of amides is 1. The van der Waals surface area contributed by atoms with E-state index in [1.165, 1.54) is 5.56 Å². The van der Waals surface area contributed by atoms with Gasteiger partial charge in [-0.05, 0) is 42.9 Å². The molecule has 160 valence electrons. The van der Waals surface area contributed by atoms with Crippen molar-refractivity contribution in [3.63, 3.8) is 0 Å². The van der Waals surface area contributed by atoms with Gasteiger partial charge in [-0.2, -0.15) is 0 Å². The molecule has 3 heterocycles. The molecule has 0 spiro atoms. The van der Waals surface area contributed by atoms with E-state index in [2.05, 4.69) is 35.6 Å². The minimum atomic E-state index is 0.0704. The number of benzene rings is 1. The molecule has 1 N–H and O–H groups in total. The summed E-state index contributed by atoms with van der Waals surface area (Å²) in [6.07, 6.45) is 3.46. The number of hydrogen-bond donors (Lipinski definition) is 1. The molecule has 2 aromatic rings. The largest absolute Gasteiger partial charge is 0.384 e. The quantitative estimate of drug-likeness (QED) is 0.681. The lowest BCUT2D eigenvalue weighted by molar-refractivity contribution is -0.134. The molecule has 1 fully saturated rings. The van der Waals surface area contributed by atoms with Crippen LogP contribution in [0.1, 0.15) is 36.4 Å². The number of aromatic nitrogens is 1. The van der Waals surface area contributed by atoms with Gasteiger partial charge in [0.1, 0.15) is 5.69 Å². The molecule has 4 rings (SSSR count). The second-order valence-corrected chi connectivity index (χ2v) is 8.44. The van der Waals surface area contributed by atoms with E-state index >= 15 is 0 Å². The molecule has 1 aromatic heterocycles. The fourth-order valence-corrected chi connectivity index (χ4v) is 4.79. The van der Waals surface area contributed by atoms with Crippen molar-refractivity contribution in [1.82, 2.24) is 9.47 Å². The highest BCUT2D eigenvalue weighted by atomic mass is 16.5. The van der Waals surface area contributed by atoms with Gasteiger partial charge in [0.25, 0.3) is 5.56 Å². The van der Waals surface area contributed by atoms with Crippen molar-refractivity contribution in [3.05, 3.63) is 64.1 Å². The Balaban J connectivity index is 1.39. The normalized spacial score (nSPS) is 20.0. The number of aryl methyl sites for hydroxylation is 1. The summed E-state index contributed by atoms with van der Waals surface area (Å²) in [6.45, 7) is 3.36. The van der Waals surface area contributed by atoms with Crippen molar-refractivity contribution in [2.24, 2.45) is 5.92 Å². The second-order valence-electron chi connectivity index (χ2n) is 8.44. The van der Waals surface area contributed by atoms with Gasteiger partial charge in [0, 0.05) is 44.9 Å². The molecule has 2 unspecified atom stereocenters. The standard InChI is InChI=1S/C24H31N3O3/c1-30-13-11-23(28)26-15-19-14-20(17-26)22-10-9-21(24(29)27(22)16-19)25-12-5-8-18-6-3-2-4-7-18/h2-4,6-7,9-10,19-20,25H,5,8,11-17H2,1H3. The van der Waals surface area contributed by atoms with E-state index < -0.39 is 0 Å². The van der Waals surface area contributed by atoms with E-state index in [-0.39, 0.29) is 17.4 Å². The molecular weight excluding hydrogens is 378 g/mol. The van der Waals surface area contributed by atoms with E-state index in [1.54, 1.807) is 7.11 Å². The molecular formula is C24H31N3O3. The van der Waals surface area contributed by atoms with Gasteiger partial charge < -0.3 is 19.5 Å². The maximum absolute atomic E-state index is 13.1. The minimum absolute atomic E-state index is 0.0704. The highest BCUT2D eigenvalue weighted by Crippen LogP contribution is 2.35. The summed E-state index contributed by atoms with van der Waals surface area (Å²) in [5, 5.41) is 3.34. The SMILES string of the molecule is COCCC(=O)N1CC2CC(C1)c1ccc(NCCCc3ccccc3)c(=O)n1C2. The van der Waals surface area contributed by atoms with Crippen LogP contribution in [0.3, 0.4) is 0 Å². The lowest BCUT2D eigenvalue weighted by atomic mass is 9.83. The number of pyridine rings is 1. The van der Waals surface area contributed by atoms with E-state index in [0.717, 1.165) is 38.0 Å². The number of fused-ring (bicyclic) bond motifs is 4. The zero-order valence-electron chi connectivity index (χ0n) is 17.7. The summed E-state index contributed by atoms with van der Waals surface area (Å²) in [7, 11) is 1.62. The first-order valence-corrected chi connectivity index (χ1v) is 10.9. The van der Waals surface area contributed by atoms with Crippen LogP contribution in [0, 0.1) is 5.92 Å². The minimum Gasteiger partial charge on any atom is -0.384 e. The zero-order chi connectivity index (χ0) is 20.9. The Kier molecular flexibility index (Phi) is 6.53. The van der Waals surface area contributed by atoms with Gasteiger partial charge in [0.2, 0.25) is 5.91 Å². The third kappa shape index (κ3) is 4.59. The fraction of sp³-hybridized carbons (Fsp3) is 0.500. The molecule has 0 radical (unpaired) electrons. The van der Waals surface area contributed by atoms with Crippen molar-refractivity contribution in [2.75, 3.05) is 38.7 Å². The van der Waals surface area contributed by atoms with Crippen LogP contribution in [0.15, 0.2) is 47.3 Å². The van der Waals surface area contributed by atoms with Gasteiger partial charge in [0.15, 0.2) is 0 Å². The van der Waals surface area contributed by atoms with Gasteiger partial charge >= 0.3 is 0 Å². The highest BCUT2D eigenvalue weighted by molar-refractivity contribution is 5.76. The topological polar surface area (TPSA) is 63.6 Å². The Bertz CT molecular complexity index is 925. The summed E-state index contributed by atoms with van der Waals surface area (Å²) < 4.78 is 6.99. The number of anilines is 1. The lowest BCUT2D eigenvalue weighted by Gasteiger charge is -2.43. The number of nitrogens with zero attached hydrogens (tertiary/aromatic N) is 2. The predicted octanol–water partition coefficient (Wildman–Crippen LogP) is 2.88. The van der Waals surface area contributed by atoms with Gasteiger partial charge in [-0.25, -0.2) is 0 Å². The van der Waals surface area contributed by atoms with Gasteiger partial charge in [0.05, 0.1) is 13.0 Å². The molecule has 1 amide bonds. The maximum Gasteiger partial charge on any atom is 0.274 e. The summed E-state index contributed by atoms with van der Waals surface area (Å²) >= 11 is 0. The number of ether oxygens (including phenoxy) is 1. The van der Waals surface area contributed by atoms with E-state index in [4.69, 9.17) is 4.74 Å². The Hall–Kier alpha value is -2.60. The molecule has 1 aromatic carbocycles. The molecule has 6 heteroatoms. The van der Waals surface area contributed by atoms with Crippen LogP contribution in [0.2, 0.25) is 0 Å². The van der Waals surface area contributed by atoms with Crippen LogP contribution in [0.4, 0.5) is 5.69 Å². The molecule has 2 aliphatic heterocycles. The number of nitrogens with one attached hydrogen (secondary N) is 1. The highest BCUT2D eigenvalue weighted by Gasteiger charge is 2.36.